The summed E-state index contributed by atoms with van der Waals surface area (Å²) in [6.07, 6.45) is -11.4. The summed E-state index contributed by atoms with van der Waals surface area (Å²) in [6, 6.07) is 10.3. The van der Waals surface area contributed by atoms with E-state index < -0.39 is 77.2 Å². The van der Waals surface area contributed by atoms with E-state index in [1.165, 1.54) is 25.4 Å². The predicted octanol–water partition coefficient (Wildman–Crippen LogP) is 6.19. The molecule has 0 amide bonds. The maximum Gasteiger partial charge on any atom is 0.422 e. The van der Waals surface area contributed by atoms with Gasteiger partial charge in [0.25, 0.3) is 0 Å². The molecule has 0 aliphatic carbocycles. The van der Waals surface area contributed by atoms with Gasteiger partial charge >= 0.3 is 12.4 Å². The third-order valence-corrected chi connectivity index (χ3v) is 7.34. The molecule has 7 nitrogen and oxygen atoms in total. The van der Waals surface area contributed by atoms with Gasteiger partial charge in [-0.25, -0.2) is 9.37 Å². The monoisotopic (exact) mass is 677 g/mol. The number of ketones is 1. The van der Waals surface area contributed by atoms with Crippen LogP contribution >= 0.6 is 27.0 Å². The first kappa shape index (κ1) is 35.9. The smallest absolute Gasteiger partial charge is 0.422 e. The van der Waals surface area contributed by atoms with E-state index in [-0.39, 0.29) is 43.9 Å². The lowest BCUT2D eigenvalue weighted by atomic mass is 9.85. The largest absolute Gasteiger partial charge is 0.494 e. The summed E-state index contributed by atoms with van der Waals surface area (Å²) < 4.78 is 110. The number of alkyl halides is 6. The molecule has 2 aromatic heterocycles. The molecule has 4 aromatic rings. The lowest BCUT2D eigenvalue weighted by molar-refractivity contribution is -0.270. The topological polar surface area (TPSA) is 108 Å². The van der Waals surface area contributed by atoms with E-state index in [0.717, 1.165) is 24.3 Å². The standard InChI is InChI=1S/C29H22F7N3O4.2H2S/c1-42-21-12-17(11-16-3-2-10-38-23(16)21)20(40)8-9-27(41,29(34,35)36)22-13-19-25(43-14-26(19,37)28(31,32)33)24(39-22)15-4-6-18(30)7-5-15;;/h2-7,10-13,41H,8-9,14,37H2,1H3;2*1H2/t26-,27+;;/m1../s1. The van der Waals surface area contributed by atoms with E-state index in [1.54, 1.807) is 12.1 Å². The van der Waals surface area contributed by atoms with Gasteiger partial charge in [0.15, 0.2) is 17.1 Å². The van der Waals surface area contributed by atoms with Gasteiger partial charge in [-0.3, -0.25) is 9.78 Å². The Morgan fingerprint density at radius 2 is 1.73 bits per heavy atom. The van der Waals surface area contributed by atoms with Crippen molar-refractivity contribution in [1.29, 1.82) is 0 Å². The highest BCUT2D eigenvalue weighted by Crippen LogP contribution is 2.51. The fraction of sp³-hybridized carbons (Fsp3) is 0.276. The number of ether oxygens (including phenoxy) is 2. The van der Waals surface area contributed by atoms with Crippen molar-refractivity contribution >= 4 is 43.7 Å². The molecule has 0 bridgehead atoms. The lowest BCUT2D eigenvalue weighted by Crippen LogP contribution is -2.52. The normalized spacial score (nSPS) is 17.4. The zero-order valence-corrected chi connectivity index (χ0v) is 25.2. The Hall–Kier alpha value is -3.60. The van der Waals surface area contributed by atoms with Crippen molar-refractivity contribution in [3.8, 4) is 22.8 Å². The van der Waals surface area contributed by atoms with Gasteiger partial charge in [-0.2, -0.15) is 53.3 Å². The summed E-state index contributed by atoms with van der Waals surface area (Å²) in [4.78, 5) is 21.1. The van der Waals surface area contributed by atoms with E-state index in [9.17, 15) is 40.6 Å². The number of aliphatic hydroxyl groups is 1. The van der Waals surface area contributed by atoms with Crippen molar-refractivity contribution in [2.24, 2.45) is 5.73 Å². The van der Waals surface area contributed by atoms with Crippen LogP contribution in [0, 0.1) is 5.82 Å². The number of hydrogen-bond acceptors (Lipinski definition) is 7. The number of fused-ring (bicyclic) bond motifs is 2. The first-order valence-electron chi connectivity index (χ1n) is 12.6. The zero-order chi connectivity index (χ0) is 31.4. The van der Waals surface area contributed by atoms with E-state index in [4.69, 9.17) is 15.2 Å². The van der Waals surface area contributed by atoms with E-state index in [0.29, 0.717) is 17.0 Å². The van der Waals surface area contributed by atoms with Gasteiger partial charge < -0.3 is 20.3 Å². The molecule has 45 heavy (non-hydrogen) atoms. The molecule has 3 N–H and O–H groups in total. The van der Waals surface area contributed by atoms with Crippen molar-refractivity contribution in [2.45, 2.75) is 36.3 Å². The number of carbonyl (C=O) groups is 1. The summed E-state index contributed by atoms with van der Waals surface area (Å²) in [5.74, 6) is -1.93. The van der Waals surface area contributed by atoms with E-state index >= 15 is 0 Å². The zero-order valence-electron chi connectivity index (χ0n) is 23.2. The van der Waals surface area contributed by atoms with Gasteiger partial charge in [-0.15, -0.1) is 0 Å². The number of aromatic nitrogens is 2. The Bertz CT molecular complexity index is 1720. The van der Waals surface area contributed by atoms with Crippen molar-refractivity contribution < 1.29 is 50.1 Å². The number of nitrogens with zero attached hydrogens (tertiary/aromatic N) is 2. The Balaban J connectivity index is 0.00000276. The molecule has 2 atom stereocenters. The summed E-state index contributed by atoms with van der Waals surface area (Å²) >= 11 is 0. The molecular weight excluding hydrogens is 651 g/mol. The van der Waals surface area contributed by atoms with Crippen molar-refractivity contribution in [3.63, 3.8) is 0 Å². The van der Waals surface area contributed by atoms with Crippen LogP contribution in [0.25, 0.3) is 22.2 Å². The molecule has 0 saturated heterocycles. The van der Waals surface area contributed by atoms with E-state index in [2.05, 4.69) is 9.97 Å². The third kappa shape index (κ3) is 6.28. The molecule has 0 unspecified atom stereocenters. The van der Waals surface area contributed by atoms with Crippen LogP contribution in [-0.2, 0) is 11.1 Å². The highest BCUT2D eigenvalue weighted by molar-refractivity contribution is 7.59. The van der Waals surface area contributed by atoms with Crippen molar-refractivity contribution in [1.82, 2.24) is 9.97 Å². The van der Waals surface area contributed by atoms with Crippen LogP contribution < -0.4 is 15.2 Å². The van der Waals surface area contributed by atoms with Crippen LogP contribution in [0.5, 0.6) is 11.5 Å². The minimum Gasteiger partial charge on any atom is -0.494 e. The van der Waals surface area contributed by atoms with Crippen molar-refractivity contribution in [2.75, 3.05) is 13.7 Å². The van der Waals surface area contributed by atoms with Crippen LogP contribution in [0.2, 0.25) is 0 Å². The SMILES string of the molecule is COc1cc(C(=O)CC[C@](O)(c2cc3c(c(-c4ccc(F)cc4)n2)OC[C@]3(N)C(F)(F)F)C(F)(F)F)cc2cccnc12.S.S. The summed E-state index contributed by atoms with van der Waals surface area (Å²) in [6.45, 7) is -1.17. The Kier molecular flexibility index (Phi) is 10.1. The molecule has 0 spiro atoms. The average molecular weight is 678 g/mol. The van der Waals surface area contributed by atoms with Crippen LogP contribution in [0.4, 0.5) is 30.7 Å². The van der Waals surface area contributed by atoms with Gasteiger partial charge in [0.05, 0.1) is 12.8 Å². The maximum atomic E-state index is 14.6. The van der Waals surface area contributed by atoms with Gasteiger partial charge in [0, 0.05) is 34.7 Å². The molecule has 3 heterocycles. The molecular formula is C29H26F7N3O4S2. The molecule has 5 rings (SSSR count). The van der Waals surface area contributed by atoms with Crippen LogP contribution in [0.3, 0.4) is 0 Å². The molecule has 242 valence electrons. The predicted molar refractivity (Wildman–Crippen MR) is 160 cm³/mol. The highest BCUT2D eigenvalue weighted by Gasteiger charge is 2.61. The fourth-order valence-electron chi connectivity index (χ4n) is 4.85. The second-order valence-electron chi connectivity index (χ2n) is 10.0. The maximum absolute atomic E-state index is 14.6. The number of halogens is 7. The second kappa shape index (κ2) is 12.7. The molecule has 1 aliphatic heterocycles. The number of pyridine rings is 2. The minimum atomic E-state index is -5.51. The summed E-state index contributed by atoms with van der Waals surface area (Å²) in [7, 11) is 1.32. The van der Waals surface area contributed by atoms with Gasteiger partial charge in [-0.05, 0) is 55.0 Å². The number of rotatable bonds is 7. The molecule has 2 aromatic carbocycles. The van der Waals surface area contributed by atoms with Gasteiger partial charge in [0.2, 0.25) is 5.60 Å². The quantitative estimate of drug-likeness (QED) is 0.178. The first-order chi connectivity index (χ1) is 20.1. The second-order valence-corrected chi connectivity index (χ2v) is 10.0. The number of Topliss-reactive ketones (excluding diaryl/α,β-unsaturated/α-hetero) is 1. The summed E-state index contributed by atoms with van der Waals surface area (Å²) in [5, 5.41) is 11.6. The van der Waals surface area contributed by atoms with E-state index in [1.807, 2.05) is 0 Å². The molecule has 16 heteroatoms. The number of nitrogens with two attached hydrogens (primary N) is 1. The fourth-order valence-corrected chi connectivity index (χ4v) is 4.85. The number of benzene rings is 2. The molecule has 0 saturated carbocycles. The van der Waals surface area contributed by atoms with Crippen LogP contribution in [-0.4, -0.2) is 46.9 Å². The van der Waals surface area contributed by atoms with Crippen molar-refractivity contribution in [3.05, 3.63) is 83.4 Å². The third-order valence-electron chi connectivity index (χ3n) is 7.34. The Morgan fingerprint density at radius 3 is 2.33 bits per heavy atom. The Morgan fingerprint density at radius 1 is 1.07 bits per heavy atom. The van der Waals surface area contributed by atoms with Crippen LogP contribution in [0.15, 0.2) is 60.8 Å². The summed E-state index contributed by atoms with van der Waals surface area (Å²) in [5.41, 5.74) is -3.89. The molecule has 0 radical (unpaired) electrons. The highest BCUT2D eigenvalue weighted by atomic mass is 32.1. The van der Waals surface area contributed by atoms with Gasteiger partial charge in [0.1, 0.15) is 29.4 Å². The lowest BCUT2D eigenvalue weighted by Gasteiger charge is -2.32. The number of hydrogen-bond donors (Lipinski definition) is 2. The number of carbonyl (C=O) groups excluding carboxylic acids is 1. The molecule has 1 aliphatic rings. The minimum absolute atomic E-state index is 0. The average Bonchev–Trinajstić information content (AvgIpc) is 3.32. The van der Waals surface area contributed by atoms with Gasteiger partial charge in [-0.1, -0.05) is 6.07 Å². The first-order valence-corrected chi connectivity index (χ1v) is 12.6. The number of methoxy groups -OCH3 is 1. The Labute approximate surface area is 265 Å². The van der Waals surface area contributed by atoms with Crippen LogP contribution in [0.1, 0.15) is 34.5 Å². The molecule has 0 fully saturated rings.